The average Bonchev–Trinajstić information content (AvgIpc) is 2.68. The Bertz CT molecular complexity index is 538. The van der Waals surface area contributed by atoms with Crippen LogP contribution in [-0.2, 0) is 11.3 Å². The van der Waals surface area contributed by atoms with Gasteiger partial charge in [-0.3, -0.25) is 0 Å². The number of carbonyl (C=O) groups is 1. The van der Waals surface area contributed by atoms with Crippen LogP contribution in [0.25, 0.3) is 0 Å². The summed E-state index contributed by atoms with van der Waals surface area (Å²) in [4.78, 5) is 11.4. The van der Waals surface area contributed by atoms with Crippen LogP contribution in [0.3, 0.4) is 0 Å². The van der Waals surface area contributed by atoms with E-state index < -0.39 is 11.7 Å². The largest absolute Gasteiger partial charge is 0.444 e. The van der Waals surface area contributed by atoms with Gasteiger partial charge in [0.15, 0.2) is 5.82 Å². The molecule has 0 saturated heterocycles. The first-order valence-electron chi connectivity index (χ1n) is 6.75. The molecule has 1 heterocycles. The third kappa shape index (κ3) is 4.87. The van der Waals surface area contributed by atoms with E-state index in [0.29, 0.717) is 36.8 Å². The van der Waals surface area contributed by atoms with E-state index in [1.54, 1.807) is 25.5 Å². The van der Waals surface area contributed by atoms with Crippen LogP contribution in [0.5, 0.6) is 0 Å². The van der Waals surface area contributed by atoms with Crippen LogP contribution in [0.1, 0.15) is 33.3 Å². The molecule has 0 aliphatic heterocycles. The van der Waals surface area contributed by atoms with Gasteiger partial charge in [-0.15, -0.1) is 0 Å². The second kappa shape index (κ2) is 6.83. The van der Waals surface area contributed by atoms with Crippen molar-refractivity contribution in [1.82, 2.24) is 15.1 Å². The van der Waals surface area contributed by atoms with Gasteiger partial charge in [-0.05, 0) is 27.7 Å². The van der Waals surface area contributed by atoms with Crippen molar-refractivity contribution in [3.63, 3.8) is 0 Å². The van der Waals surface area contributed by atoms with Crippen LogP contribution in [0.4, 0.5) is 16.4 Å². The molecule has 116 valence electrons. The summed E-state index contributed by atoms with van der Waals surface area (Å²) in [5.41, 5.74) is 5.58. The normalized spacial score (nSPS) is 10.8. The summed E-state index contributed by atoms with van der Waals surface area (Å²) in [7, 11) is 0. The number of rotatable bonds is 5. The fraction of sp³-hybridized carbons (Fsp3) is 0.615. The molecule has 4 N–H and O–H groups in total. The zero-order valence-electron chi connectivity index (χ0n) is 12.9. The Morgan fingerprint density at radius 1 is 1.48 bits per heavy atom. The van der Waals surface area contributed by atoms with Crippen LogP contribution in [0, 0.1) is 11.3 Å². The Morgan fingerprint density at radius 2 is 2.14 bits per heavy atom. The van der Waals surface area contributed by atoms with Crippen molar-refractivity contribution >= 4 is 17.7 Å². The summed E-state index contributed by atoms with van der Waals surface area (Å²) in [6.07, 6.45) is -0.483. The van der Waals surface area contributed by atoms with Gasteiger partial charge in [0.2, 0.25) is 0 Å². The van der Waals surface area contributed by atoms with Crippen LogP contribution >= 0.6 is 0 Å². The molecule has 0 aromatic carbocycles. The Hall–Kier alpha value is -2.43. The molecule has 0 saturated carbocycles. The number of nitriles is 1. The summed E-state index contributed by atoms with van der Waals surface area (Å²) in [6, 6.07) is 2.02. The molecule has 1 rings (SSSR count). The summed E-state index contributed by atoms with van der Waals surface area (Å²) >= 11 is 0. The van der Waals surface area contributed by atoms with Crippen molar-refractivity contribution in [1.29, 1.82) is 5.26 Å². The molecule has 1 aromatic rings. The van der Waals surface area contributed by atoms with E-state index >= 15 is 0 Å². The van der Waals surface area contributed by atoms with Gasteiger partial charge >= 0.3 is 6.09 Å². The van der Waals surface area contributed by atoms with Gasteiger partial charge in [-0.25, -0.2) is 9.48 Å². The van der Waals surface area contributed by atoms with Crippen LogP contribution in [0.2, 0.25) is 0 Å². The zero-order chi connectivity index (χ0) is 16.0. The fourth-order valence-corrected chi connectivity index (χ4v) is 1.61. The molecule has 0 unspecified atom stereocenters. The standard InChI is InChI=1S/C13H22N6O2/c1-5-19-10(15)9(8-14)11(18-19)16-6-7-17-12(20)21-13(2,3)4/h5-7,15H2,1-4H3,(H,16,18)(H,17,20). The van der Waals surface area contributed by atoms with Gasteiger partial charge < -0.3 is 21.1 Å². The lowest BCUT2D eigenvalue weighted by Gasteiger charge is -2.19. The van der Waals surface area contributed by atoms with Crippen molar-refractivity contribution in [3.05, 3.63) is 5.56 Å². The Labute approximate surface area is 124 Å². The minimum atomic E-state index is -0.528. The van der Waals surface area contributed by atoms with Crippen molar-refractivity contribution in [2.75, 3.05) is 24.1 Å². The highest BCUT2D eigenvalue weighted by Crippen LogP contribution is 2.19. The summed E-state index contributed by atoms with van der Waals surface area (Å²) in [5, 5.41) is 18.8. The molecular formula is C13H22N6O2. The number of ether oxygens (including phenoxy) is 1. The lowest BCUT2D eigenvalue weighted by Crippen LogP contribution is -2.35. The van der Waals surface area contributed by atoms with Gasteiger partial charge in [0.05, 0.1) is 0 Å². The second-order valence-corrected chi connectivity index (χ2v) is 5.39. The first-order valence-corrected chi connectivity index (χ1v) is 6.75. The molecule has 1 aromatic heterocycles. The van der Waals surface area contributed by atoms with Crippen LogP contribution in [-0.4, -0.2) is 34.6 Å². The van der Waals surface area contributed by atoms with E-state index in [9.17, 15) is 4.79 Å². The molecule has 1 amide bonds. The van der Waals surface area contributed by atoms with Crippen LogP contribution in [0.15, 0.2) is 0 Å². The van der Waals surface area contributed by atoms with Crippen molar-refractivity contribution in [2.24, 2.45) is 0 Å². The van der Waals surface area contributed by atoms with Crippen molar-refractivity contribution in [2.45, 2.75) is 39.8 Å². The Morgan fingerprint density at radius 3 is 2.67 bits per heavy atom. The smallest absolute Gasteiger partial charge is 0.407 e. The number of nitrogens with two attached hydrogens (primary N) is 1. The predicted molar refractivity (Wildman–Crippen MR) is 79.8 cm³/mol. The molecule has 21 heavy (non-hydrogen) atoms. The van der Waals surface area contributed by atoms with E-state index in [2.05, 4.69) is 15.7 Å². The molecule has 0 fully saturated rings. The number of hydrogen-bond donors (Lipinski definition) is 3. The monoisotopic (exact) mass is 294 g/mol. The quantitative estimate of drug-likeness (QED) is 0.704. The molecule has 0 bridgehead atoms. The third-order valence-electron chi connectivity index (χ3n) is 2.49. The number of nitrogens with zero attached hydrogens (tertiary/aromatic N) is 3. The Kier molecular flexibility index (Phi) is 5.41. The van der Waals surface area contributed by atoms with Crippen molar-refractivity contribution < 1.29 is 9.53 Å². The lowest BCUT2D eigenvalue weighted by atomic mass is 10.2. The highest BCUT2D eigenvalue weighted by Gasteiger charge is 2.16. The zero-order valence-corrected chi connectivity index (χ0v) is 12.9. The number of amides is 1. The molecule has 8 heteroatoms. The fourth-order valence-electron chi connectivity index (χ4n) is 1.61. The van der Waals surface area contributed by atoms with E-state index in [0.717, 1.165) is 0 Å². The average molecular weight is 294 g/mol. The molecule has 8 nitrogen and oxygen atoms in total. The summed E-state index contributed by atoms with van der Waals surface area (Å²) in [6.45, 7) is 8.61. The maximum Gasteiger partial charge on any atom is 0.407 e. The SMILES string of the molecule is CCn1nc(NCCNC(=O)OC(C)(C)C)c(C#N)c1N. The molecule has 0 aliphatic carbocycles. The Balaban J connectivity index is 2.47. The number of anilines is 2. The first kappa shape index (κ1) is 16.6. The lowest BCUT2D eigenvalue weighted by molar-refractivity contribution is 0.0530. The summed E-state index contributed by atoms with van der Waals surface area (Å²) < 4.78 is 6.65. The van der Waals surface area contributed by atoms with Crippen LogP contribution < -0.4 is 16.4 Å². The minimum absolute atomic E-state index is 0.314. The van der Waals surface area contributed by atoms with Gasteiger partial charge in [-0.1, -0.05) is 0 Å². The van der Waals surface area contributed by atoms with E-state index in [1.807, 2.05) is 13.0 Å². The second-order valence-electron chi connectivity index (χ2n) is 5.39. The maximum atomic E-state index is 11.4. The minimum Gasteiger partial charge on any atom is -0.444 e. The first-order chi connectivity index (χ1) is 9.78. The topological polar surface area (TPSA) is 118 Å². The number of nitrogens with one attached hydrogen (secondary N) is 2. The van der Waals surface area contributed by atoms with Crippen molar-refractivity contribution in [3.8, 4) is 6.07 Å². The molecule has 0 atom stereocenters. The molecule has 0 spiro atoms. The number of aromatic nitrogens is 2. The van der Waals surface area contributed by atoms with E-state index in [1.165, 1.54) is 0 Å². The van der Waals surface area contributed by atoms with E-state index in [-0.39, 0.29) is 0 Å². The van der Waals surface area contributed by atoms with Gasteiger partial charge in [-0.2, -0.15) is 10.4 Å². The highest BCUT2D eigenvalue weighted by molar-refractivity contribution is 5.68. The maximum absolute atomic E-state index is 11.4. The predicted octanol–water partition coefficient (Wildman–Crippen LogP) is 1.29. The number of aryl methyl sites for hydroxylation is 1. The van der Waals surface area contributed by atoms with E-state index in [4.69, 9.17) is 15.7 Å². The molecule has 0 radical (unpaired) electrons. The summed E-state index contributed by atoms with van der Waals surface area (Å²) in [5.74, 6) is 0.755. The third-order valence-corrected chi connectivity index (χ3v) is 2.49. The number of alkyl carbamates (subject to hydrolysis) is 1. The number of carbonyl (C=O) groups excluding carboxylic acids is 1. The van der Waals surface area contributed by atoms with Gasteiger partial charge in [0.1, 0.15) is 23.1 Å². The molecular weight excluding hydrogens is 272 g/mol. The van der Waals surface area contributed by atoms with Gasteiger partial charge in [0.25, 0.3) is 0 Å². The number of nitrogen functional groups attached to an aromatic ring is 1. The molecule has 0 aliphatic rings. The number of hydrogen-bond acceptors (Lipinski definition) is 6. The van der Waals surface area contributed by atoms with Gasteiger partial charge in [0, 0.05) is 19.6 Å². The highest BCUT2D eigenvalue weighted by atomic mass is 16.6.